The third-order valence-electron chi connectivity index (χ3n) is 8.34. The molecule has 13 nitrogen and oxygen atoms in total. The van der Waals surface area contributed by atoms with E-state index in [1.807, 2.05) is 13.0 Å². The molecule has 0 bridgehead atoms. The summed E-state index contributed by atoms with van der Waals surface area (Å²) < 4.78 is 84.4. The topological polar surface area (TPSA) is 173 Å². The second kappa shape index (κ2) is 16.2. The Morgan fingerprint density at radius 2 is 1.17 bits per heavy atom. The number of nitrogens with two attached hydrogens (primary N) is 2. The number of nitrogen functional groups attached to an aromatic ring is 2. The quantitative estimate of drug-likeness (QED) is 0.107. The molecule has 0 saturated carbocycles. The van der Waals surface area contributed by atoms with Crippen LogP contribution in [0.1, 0.15) is 17.2 Å². The Kier molecular flexibility index (Phi) is 11.1. The fraction of sp³-hybridized carbons (Fsp3) is 0.105. The van der Waals surface area contributed by atoms with Gasteiger partial charge in [-0.1, -0.05) is 23.2 Å². The lowest BCUT2D eigenvalue weighted by Crippen LogP contribution is -2.09. The Bertz CT molecular complexity index is 2830. The highest BCUT2D eigenvalue weighted by Crippen LogP contribution is 2.33. The molecule has 21 heteroatoms. The van der Waals surface area contributed by atoms with Crippen molar-refractivity contribution in [1.82, 2.24) is 39.0 Å². The largest absolute Gasteiger partial charge is 0.435 e. The Labute approximate surface area is 339 Å². The molecule has 4 aromatic carbocycles. The molecule has 4 heterocycles. The lowest BCUT2D eigenvalue weighted by Gasteiger charge is -2.12. The first kappa shape index (κ1) is 40.3. The lowest BCUT2D eigenvalue weighted by molar-refractivity contribution is -0.139. The number of ether oxygens (including phenoxy) is 1. The molecule has 0 aliphatic heterocycles. The minimum Gasteiger partial charge on any atom is -0.435 e. The highest BCUT2D eigenvalue weighted by atomic mass is 35.5. The molecule has 0 amide bonds. The minimum absolute atomic E-state index is 0.0610. The van der Waals surface area contributed by atoms with Crippen molar-refractivity contribution in [3.8, 4) is 17.6 Å². The molecule has 8 aromatic rings. The number of nitrogens with zero attached hydrogens (tertiary/aromatic N) is 8. The van der Waals surface area contributed by atoms with Gasteiger partial charge in [-0.05, 0) is 92.7 Å². The summed E-state index contributed by atoms with van der Waals surface area (Å²) in [6.45, 7) is 0.702. The maximum Gasteiger partial charge on any atom is 0.419 e. The minimum atomic E-state index is -4.78. The summed E-state index contributed by atoms with van der Waals surface area (Å²) in [6, 6.07) is 22.0. The summed E-state index contributed by atoms with van der Waals surface area (Å²) in [5, 5.41) is 6.91. The number of hydrogen-bond acceptors (Lipinski definition) is 11. The molecule has 0 atom stereocenters. The maximum absolute atomic E-state index is 13.9. The monoisotopic (exact) mass is 852 g/mol. The van der Waals surface area contributed by atoms with Crippen molar-refractivity contribution >= 4 is 79.9 Å². The zero-order valence-corrected chi connectivity index (χ0v) is 31.9. The predicted molar refractivity (Wildman–Crippen MR) is 213 cm³/mol. The van der Waals surface area contributed by atoms with Crippen LogP contribution in [-0.2, 0) is 6.18 Å². The van der Waals surface area contributed by atoms with Crippen LogP contribution in [0.2, 0.25) is 10.0 Å². The molecule has 0 spiro atoms. The predicted octanol–water partition coefficient (Wildman–Crippen LogP) is 9.97. The highest BCUT2D eigenvalue weighted by molar-refractivity contribution is 6.31. The number of anilines is 6. The lowest BCUT2D eigenvalue weighted by atomic mass is 10.2. The summed E-state index contributed by atoms with van der Waals surface area (Å²) >= 11 is 12.1. The summed E-state index contributed by atoms with van der Waals surface area (Å²) in [4.78, 5) is 26.3. The summed E-state index contributed by atoms with van der Waals surface area (Å²) in [5.41, 5.74) is 14.0. The molecule has 0 radical (unpaired) electrons. The van der Waals surface area contributed by atoms with Crippen molar-refractivity contribution in [1.29, 1.82) is 0 Å². The van der Waals surface area contributed by atoms with Crippen LogP contribution in [0.25, 0.3) is 34.0 Å². The van der Waals surface area contributed by atoms with Gasteiger partial charge in [0.15, 0.2) is 0 Å². The third-order valence-corrected chi connectivity index (χ3v) is 8.81. The normalized spacial score (nSPS) is 11.5. The number of alkyl halides is 5. The second-order valence-corrected chi connectivity index (χ2v) is 13.4. The van der Waals surface area contributed by atoms with Gasteiger partial charge in [0.05, 0.1) is 27.6 Å². The van der Waals surface area contributed by atoms with Crippen molar-refractivity contribution in [2.24, 2.45) is 0 Å². The van der Waals surface area contributed by atoms with E-state index in [1.165, 1.54) is 18.2 Å². The van der Waals surface area contributed by atoms with Gasteiger partial charge in [0, 0.05) is 33.6 Å². The number of benzene rings is 4. The Morgan fingerprint density at radius 3 is 1.76 bits per heavy atom. The fourth-order valence-corrected chi connectivity index (χ4v) is 6.25. The fourth-order valence-electron chi connectivity index (χ4n) is 5.92. The third kappa shape index (κ3) is 9.16. The van der Waals surface area contributed by atoms with Gasteiger partial charge in [-0.3, -0.25) is 9.13 Å². The molecular weight excluding hydrogens is 825 g/mol. The Hall–Kier alpha value is -6.86. The number of imidazole rings is 2. The summed E-state index contributed by atoms with van der Waals surface area (Å²) in [7, 11) is 0. The maximum atomic E-state index is 13.9. The van der Waals surface area contributed by atoms with Gasteiger partial charge >= 0.3 is 12.8 Å². The molecule has 302 valence electrons. The molecular formula is C38H28Cl2F6N12O. The van der Waals surface area contributed by atoms with Crippen molar-refractivity contribution in [2.45, 2.75) is 26.6 Å². The Balaban J connectivity index is 0.000000179. The van der Waals surface area contributed by atoms with Crippen molar-refractivity contribution < 1.29 is 31.1 Å². The van der Waals surface area contributed by atoms with E-state index >= 15 is 0 Å². The van der Waals surface area contributed by atoms with Crippen molar-refractivity contribution in [3.05, 3.63) is 124 Å². The van der Waals surface area contributed by atoms with Crippen LogP contribution in [-0.4, -0.2) is 45.6 Å². The van der Waals surface area contributed by atoms with E-state index in [0.717, 1.165) is 23.2 Å². The average molecular weight is 854 g/mol. The standard InChI is InChI=1S/C19H13ClF4N6.C19H15ClF2N6O/c1-9-26-14-6-10(20)2-5-15(14)30(9)18-28-16(25)8-17(29-18)27-11-3-4-12(13(21)7-11)19(22,23)24;1-10-24-14-7-2-11(20)8-15(14)28(10)19-26-16(23)9-17(27-19)25-12-3-5-13(6-4-12)29-18(21)22/h2-8H,1H3,(H3,25,27,28,29);2-9,18H,1H3,(H3,23,25,26,27). The van der Waals surface area contributed by atoms with Crippen LogP contribution in [0.3, 0.4) is 0 Å². The van der Waals surface area contributed by atoms with E-state index in [1.54, 1.807) is 64.6 Å². The first-order valence-electron chi connectivity index (χ1n) is 17.1. The Morgan fingerprint density at radius 1 is 0.627 bits per heavy atom. The van der Waals surface area contributed by atoms with E-state index in [0.29, 0.717) is 56.2 Å². The number of halogens is 8. The number of fused-ring (bicyclic) bond motifs is 2. The molecule has 6 N–H and O–H groups in total. The number of aromatic nitrogens is 8. The van der Waals surface area contributed by atoms with E-state index in [4.69, 9.17) is 34.7 Å². The molecule has 0 saturated heterocycles. The number of rotatable bonds is 8. The summed E-state index contributed by atoms with van der Waals surface area (Å²) in [6.07, 6.45) is -4.78. The van der Waals surface area contributed by atoms with E-state index < -0.39 is 24.2 Å². The number of aryl methyl sites for hydroxylation is 2. The zero-order chi connectivity index (χ0) is 42.2. The summed E-state index contributed by atoms with van der Waals surface area (Å²) in [5.74, 6) is 1.37. The van der Waals surface area contributed by atoms with Gasteiger partial charge < -0.3 is 26.8 Å². The van der Waals surface area contributed by atoms with Crippen LogP contribution >= 0.6 is 23.2 Å². The average Bonchev–Trinajstić information content (AvgIpc) is 3.65. The zero-order valence-electron chi connectivity index (χ0n) is 30.4. The van der Waals surface area contributed by atoms with Crippen molar-refractivity contribution in [2.75, 3.05) is 22.1 Å². The molecule has 59 heavy (non-hydrogen) atoms. The van der Waals surface area contributed by atoms with Gasteiger partial charge in [-0.25, -0.2) is 14.4 Å². The first-order valence-corrected chi connectivity index (χ1v) is 17.8. The van der Waals surface area contributed by atoms with Gasteiger partial charge in [0.1, 0.15) is 46.5 Å². The van der Waals surface area contributed by atoms with Crippen LogP contribution in [0.15, 0.2) is 91.0 Å². The second-order valence-electron chi connectivity index (χ2n) is 12.6. The van der Waals surface area contributed by atoms with E-state index in [9.17, 15) is 26.3 Å². The van der Waals surface area contributed by atoms with Gasteiger partial charge in [-0.15, -0.1) is 0 Å². The molecule has 0 aliphatic carbocycles. The van der Waals surface area contributed by atoms with Gasteiger partial charge in [0.2, 0.25) is 11.9 Å². The molecule has 4 aromatic heterocycles. The number of hydrogen-bond donors (Lipinski definition) is 4. The van der Waals surface area contributed by atoms with Crippen LogP contribution in [0.5, 0.6) is 5.75 Å². The SMILES string of the molecule is Cc1nc2cc(Cl)ccc2n1-c1nc(N)cc(Nc2ccc(C(F)(F)F)c(F)c2)n1.Cc1nc2ccc(Cl)cc2n1-c1nc(N)cc(Nc2ccc(OC(F)F)cc2)n1. The number of nitrogens with one attached hydrogen (secondary N) is 2. The molecule has 0 fully saturated rings. The smallest absolute Gasteiger partial charge is 0.419 e. The van der Waals surface area contributed by atoms with Crippen LogP contribution < -0.4 is 26.8 Å². The van der Waals surface area contributed by atoms with E-state index in [2.05, 4.69) is 45.3 Å². The van der Waals surface area contributed by atoms with Crippen molar-refractivity contribution in [3.63, 3.8) is 0 Å². The molecule has 0 aliphatic rings. The van der Waals surface area contributed by atoms with Gasteiger partial charge in [-0.2, -0.15) is 41.9 Å². The highest BCUT2D eigenvalue weighted by Gasteiger charge is 2.34. The van der Waals surface area contributed by atoms with Crippen LogP contribution in [0, 0.1) is 19.7 Å². The van der Waals surface area contributed by atoms with Gasteiger partial charge in [0.25, 0.3) is 0 Å². The molecule has 0 unspecified atom stereocenters. The van der Waals surface area contributed by atoms with E-state index in [-0.39, 0.29) is 34.8 Å². The first-order chi connectivity index (χ1) is 28.0. The molecule has 8 rings (SSSR count). The van der Waals surface area contributed by atoms with Crippen LogP contribution in [0.4, 0.5) is 61.0 Å².